The molecule has 0 aromatic carbocycles. The molecule has 1 aliphatic heterocycles. The fourth-order valence-electron chi connectivity index (χ4n) is 3.22. The summed E-state index contributed by atoms with van der Waals surface area (Å²) in [5, 5.41) is 9.01. The van der Waals surface area contributed by atoms with Crippen molar-refractivity contribution in [1.29, 1.82) is 0 Å². The van der Waals surface area contributed by atoms with Gasteiger partial charge in [0.15, 0.2) is 0 Å². The smallest absolute Gasteiger partial charge is 0.136 e. The highest BCUT2D eigenvalue weighted by Gasteiger charge is 2.24. The lowest BCUT2D eigenvalue weighted by Gasteiger charge is -2.24. The quantitative estimate of drug-likeness (QED) is 0.909. The number of hydrogen-bond acceptors (Lipinski definition) is 3. The number of imidazole rings is 1. The summed E-state index contributed by atoms with van der Waals surface area (Å²) >= 11 is 0. The first-order valence-electron chi connectivity index (χ1n) is 7.55. The van der Waals surface area contributed by atoms with Gasteiger partial charge in [-0.05, 0) is 50.8 Å². The second kappa shape index (κ2) is 5.94. The average Bonchev–Trinajstić information content (AvgIpc) is 3.04. The Bertz CT molecular complexity index is 578. The maximum atomic E-state index is 9.01. The summed E-state index contributed by atoms with van der Waals surface area (Å²) in [6.07, 6.45) is 8.70. The Morgan fingerprint density at radius 2 is 2.30 bits per heavy atom. The monoisotopic (exact) mass is 273 g/mol. The van der Waals surface area contributed by atoms with Gasteiger partial charge in [0.2, 0.25) is 0 Å². The fraction of sp³-hybridized carbons (Fsp3) is 0.562. The van der Waals surface area contributed by atoms with Crippen LogP contribution in [-0.2, 0) is 6.54 Å². The van der Waals surface area contributed by atoms with Crippen molar-refractivity contribution in [2.75, 3.05) is 13.2 Å². The molecule has 4 nitrogen and oxygen atoms in total. The molecule has 1 aliphatic rings. The Kier molecular flexibility index (Phi) is 4.03. The van der Waals surface area contributed by atoms with E-state index in [1.807, 2.05) is 6.20 Å². The van der Waals surface area contributed by atoms with Crippen LogP contribution in [0, 0.1) is 6.92 Å². The number of rotatable bonds is 5. The largest absolute Gasteiger partial charge is 0.396 e. The predicted octanol–water partition coefficient (Wildman–Crippen LogP) is 2.38. The highest BCUT2D eigenvalue weighted by Crippen LogP contribution is 2.23. The highest BCUT2D eigenvalue weighted by atomic mass is 16.2. The van der Waals surface area contributed by atoms with Crippen molar-refractivity contribution in [3.8, 4) is 0 Å². The molecule has 3 rings (SSSR count). The van der Waals surface area contributed by atoms with E-state index in [2.05, 4.69) is 39.5 Å². The summed E-state index contributed by atoms with van der Waals surface area (Å²) in [5.74, 6) is 0. The average molecular weight is 273 g/mol. The van der Waals surface area contributed by atoms with E-state index >= 15 is 0 Å². The van der Waals surface area contributed by atoms with Crippen LogP contribution in [0.25, 0.3) is 5.65 Å². The summed E-state index contributed by atoms with van der Waals surface area (Å²) in [4.78, 5) is 7.03. The van der Waals surface area contributed by atoms with E-state index in [0.29, 0.717) is 12.6 Å². The van der Waals surface area contributed by atoms with Crippen molar-refractivity contribution >= 4 is 5.65 Å². The van der Waals surface area contributed by atoms with Crippen molar-refractivity contribution < 1.29 is 5.11 Å². The minimum atomic E-state index is 0.305. The number of nitrogens with zero attached hydrogens (tertiary/aromatic N) is 3. The number of fused-ring (bicyclic) bond motifs is 1. The van der Waals surface area contributed by atoms with Crippen LogP contribution in [0.15, 0.2) is 24.5 Å². The van der Waals surface area contributed by atoms with Gasteiger partial charge in [-0.1, -0.05) is 6.07 Å². The van der Waals surface area contributed by atoms with Gasteiger partial charge in [0, 0.05) is 25.4 Å². The van der Waals surface area contributed by atoms with Gasteiger partial charge in [-0.15, -0.1) is 0 Å². The summed E-state index contributed by atoms with van der Waals surface area (Å²) < 4.78 is 2.21. The maximum absolute atomic E-state index is 9.01. The lowest BCUT2D eigenvalue weighted by molar-refractivity contribution is 0.208. The maximum Gasteiger partial charge on any atom is 0.136 e. The first kappa shape index (κ1) is 13.6. The Balaban J connectivity index is 1.76. The number of aryl methyl sites for hydroxylation is 1. The molecule has 1 unspecified atom stereocenters. The summed E-state index contributed by atoms with van der Waals surface area (Å²) in [7, 11) is 0. The minimum absolute atomic E-state index is 0.305. The number of likely N-dealkylation sites (tertiary alicyclic amines) is 1. The van der Waals surface area contributed by atoms with Crippen LogP contribution in [-0.4, -0.2) is 38.6 Å². The molecule has 108 valence electrons. The zero-order valence-electron chi connectivity index (χ0n) is 12.1. The normalized spacial score (nSPS) is 20.0. The molecule has 0 amide bonds. The SMILES string of the molecule is Cc1ccc2ncc(CN3CCCC3CCCO)n2c1. The van der Waals surface area contributed by atoms with Crippen LogP contribution in [0.1, 0.15) is 36.9 Å². The molecule has 1 atom stereocenters. The van der Waals surface area contributed by atoms with Gasteiger partial charge in [0.1, 0.15) is 5.65 Å². The molecule has 2 aromatic heterocycles. The second-order valence-corrected chi connectivity index (χ2v) is 5.82. The van der Waals surface area contributed by atoms with Crippen LogP contribution < -0.4 is 0 Å². The van der Waals surface area contributed by atoms with Gasteiger partial charge in [0.05, 0.1) is 11.9 Å². The van der Waals surface area contributed by atoms with E-state index < -0.39 is 0 Å². The zero-order chi connectivity index (χ0) is 13.9. The van der Waals surface area contributed by atoms with Crippen LogP contribution in [0.3, 0.4) is 0 Å². The van der Waals surface area contributed by atoms with Crippen LogP contribution in [0.4, 0.5) is 0 Å². The molecule has 0 aliphatic carbocycles. The molecule has 0 bridgehead atoms. The van der Waals surface area contributed by atoms with E-state index in [4.69, 9.17) is 5.11 Å². The van der Waals surface area contributed by atoms with E-state index in [-0.39, 0.29) is 0 Å². The molecule has 0 spiro atoms. The van der Waals surface area contributed by atoms with Crippen molar-refractivity contribution in [2.24, 2.45) is 0 Å². The molecular weight excluding hydrogens is 250 g/mol. The summed E-state index contributed by atoms with van der Waals surface area (Å²) in [5.41, 5.74) is 3.55. The van der Waals surface area contributed by atoms with E-state index in [1.54, 1.807) is 0 Å². The first-order chi connectivity index (χ1) is 9.78. The highest BCUT2D eigenvalue weighted by molar-refractivity contribution is 5.41. The zero-order valence-corrected chi connectivity index (χ0v) is 12.1. The third-order valence-corrected chi connectivity index (χ3v) is 4.29. The van der Waals surface area contributed by atoms with E-state index in [9.17, 15) is 0 Å². The van der Waals surface area contributed by atoms with Gasteiger partial charge in [-0.3, -0.25) is 4.90 Å². The van der Waals surface area contributed by atoms with Gasteiger partial charge >= 0.3 is 0 Å². The topological polar surface area (TPSA) is 40.8 Å². The third-order valence-electron chi connectivity index (χ3n) is 4.29. The standard InChI is InChI=1S/C16H23N3O/c1-13-6-7-16-17-10-15(19(16)11-13)12-18-8-2-4-14(18)5-3-9-20/h6-7,10-11,14,20H,2-5,8-9,12H2,1H3. The number of aromatic nitrogens is 2. The van der Waals surface area contributed by atoms with Crippen molar-refractivity contribution in [3.63, 3.8) is 0 Å². The van der Waals surface area contributed by atoms with Crippen LogP contribution in [0.2, 0.25) is 0 Å². The van der Waals surface area contributed by atoms with Crippen molar-refractivity contribution in [2.45, 2.75) is 45.2 Å². The second-order valence-electron chi connectivity index (χ2n) is 5.82. The Morgan fingerprint density at radius 1 is 1.40 bits per heavy atom. The van der Waals surface area contributed by atoms with Gasteiger partial charge in [-0.2, -0.15) is 0 Å². The van der Waals surface area contributed by atoms with Crippen LogP contribution in [0.5, 0.6) is 0 Å². The summed E-state index contributed by atoms with van der Waals surface area (Å²) in [6, 6.07) is 4.80. The molecule has 4 heteroatoms. The summed E-state index contributed by atoms with van der Waals surface area (Å²) in [6.45, 7) is 4.54. The van der Waals surface area contributed by atoms with Gasteiger partial charge in [-0.25, -0.2) is 4.98 Å². The van der Waals surface area contributed by atoms with E-state index in [1.165, 1.54) is 24.1 Å². The first-order valence-corrected chi connectivity index (χ1v) is 7.55. The van der Waals surface area contributed by atoms with Crippen LogP contribution >= 0.6 is 0 Å². The van der Waals surface area contributed by atoms with Gasteiger partial charge in [0.25, 0.3) is 0 Å². The third kappa shape index (κ3) is 2.72. The predicted molar refractivity (Wildman–Crippen MR) is 79.7 cm³/mol. The lowest BCUT2D eigenvalue weighted by atomic mass is 10.1. The van der Waals surface area contributed by atoms with Crippen molar-refractivity contribution in [1.82, 2.24) is 14.3 Å². The Hall–Kier alpha value is -1.39. The molecule has 1 saturated heterocycles. The number of aliphatic hydroxyl groups excluding tert-OH is 1. The molecule has 2 aromatic rings. The molecule has 0 radical (unpaired) electrons. The number of pyridine rings is 1. The Labute approximate surface area is 120 Å². The molecule has 1 fully saturated rings. The van der Waals surface area contributed by atoms with E-state index in [0.717, 1.165) is 31.6 Å². The lowest BCUT2D eigenvalue weighted by Crippen LogP contribution is -2.29. The molecule has 3 heterocycles. The van der Waals surface area contributed by atoms with Gasteiger partial charge < -0.3 is 9.51 Å². The minimum Gasteiger partial charge on any atom is -0.396 e. The number of aliphatic hydroxyl groups is 1. The number of hydrogen-bond donors (Lipinski definition) is 1. The molecular formula is C16H23N3O. The molecule has 1 N–H and O–H groups in total. The molecule has 0 saturated carbocycles. The Morgan fingerprint density at radius 3 is 3.15 bits per heavy atom. The fourth-order valence-corrected chi connectivity index (χ4v) is 3.22. The van der Waals surface area contributed by atoms with Crippen molar-refractivity contribution in [3.05, 3.63) is 35.8 Å². The molecule has 20 heavy (non-hydrogen) atoms.